The van der Waals surface area contributed by atoms with E-state index in [2.05, 4.69) is 40.2 Å². The van der Waals surface area contributed by atoms with Crippen LogP contribution < -0.4 is 4.90 Å². The van der Waals surface area contributed by atoms with E-state index in [0.717, 1.165) is 47.7 Å². The van der Waals surface area contributed by atoms with Gasteiger partial charge in [0.25, 0.3) is 5.91 Å². The number of nitrogens with one attached hydrogen (secondary N) is 1. The smallest absolute Gasteiger partial charge is 0.286 e. The Bertz CT molecular complexity index is 791. The van der Waals surface area contributed by atoms with Crippen LogP contribution in [0.25, 0.3) is 6.08 Å². The van der Waals surface area contributed by atoms with Gasteiger partial charge in [0.05, 0.1) is 31.1 Å². The zero-order chi connectivity index (χ0) is 17.1. The van der Waals surface area contributed by atoms with Crippen LogP contribution in [0, 0.1) is 0 Å². The van der Waals surface area contributed by atoms with E-state index in [-0.39, 0.29) is 5.91 Å². The largest absolute Gasteiger partial charge is 0.339 e. The van der Waals surface area contributed by atoms with E-state index in [1.807, 2.05) is 23.6 Å². The number of rotatable bonds is 3. The molecule has 1 saturated heterocycles. The number of benzene rings is 1. The molecule has 1 aromatic carbocycles. The molecule has 0 radical (unpaired) electrons. The molecule has 0 bridgehead atoms. The predicted molar refractivity (Wildman–Crippen MR) is 105 cm³/mol. The lowest BCUT2D eigenvalue weighted by atomic mass is 10.2. The van der Waals surface area contributed by atoms with E-state index >= 15 is 0 Å². The van der Waals surface area contributed by atoms with Crippen LogP contribution in [-0.4, -0.2) is 42.2 Å². The number of carbonyl (C=O) groups is 1. The summed E-state index contributed by atoms with van der Waals surface area (Å²) in [6.45, 7) is 5.12. The second-order valence-electron chi connectivity index (χ2n) is 6.23. The average molecular weight is 371 g/mol. The number of thiophene rings is 1. The van der Waals surface area contributed by atoms with Gasteiger partial charge in [-0.15, -0.1) is 11.3 Å². The summed E-state index contributed by atoms with van der Waals surface area (Å²) in [5.74, 6) is -0.104. The number of thioether (sulfide) groups is 1. The first-order valence-corrected chi connectivity index (χ1v) is 10.2. The minimum absolute atomic E-state index is 0.104. The third kappa shape index (κ3) is 4.03. The van der Waals surface area contributed by atoms with Crippen LogP contribution in [0.5, 0.6) is 0 Å². The lowest BCUT2D eigenvalue weighted by Gasteiger charge is -2.32. The van der Waals surface area contributed by atoms with E-state index in [0.29, 0.717) is 0 Å². The predicted octanol–water partition coefficient (Wildman–Crippen LogP) is 2.12. The number of carbonyl (C=O) groups excluding carboxylic acids is 1. The van der Waals surface area contributed by atoms with Gasteiger partial charge in [-0.25, -0.2) is 0 Å². The Hall–Kier alpha value is -1.89. The van der Waals surface area contributed by atoms with Crippen molar-refractivity contribution in [3.05, 3.63) is 63.2 Å². The van der Waals surface area contributed by atoms with Crippen LogP contribution in [-0.2, 0) is 11.3 Å². The fraction of sp³-hybridized carbons (Fsp3) is 0.263. The van der Waals surface area contributed by atoms with Gasteiger partial charge in [-0.3, -0.25) is 4.79 Å². The first-order chi connectivity index (χ1) is 12.3. The van der Waals surface area contributed by atoms with Gasteiger partial charge in [0.1, 0.15) is 6.54 Å². The molecule has 0 aliphatic carbocycles. The number of nitrogens with zero attached hydrogens (tertiary/aromatic N) is 2. The Morgan fingerprint density at radius 2 is 1.92 bits per heavy atom. The molecule has 0 spiro atoms. The molecule has 1 N–H and O–H groups in total. The Morgan fingerprint density at radius 3 is 2.64 bits per heavy atom. The minimum Gasteiger partial charge on any atom is -0.339 e. The summed E-state index contributed by atoms with van der Waals surface area (Å²) in [4.78, 5) is 22.1. The van der Waals surface area contributed by atoms with Crippen molar-refractivity contribution in [2.75, 3.05) is 26.2 Å². The summed E-state index contributed by atoms with van der Waals surface area (Å²) < 4.78 is 0. The number of quaternary nitrogens is 1. The number of aliphatic imine (C=N–C) groups is 1. The van der Waals surface area contributed by atoms with E-state index in [1.54, 1.807) is 16.2 Å². The van der Waals surface area contributed by atoms with Crippen LogP contribution in [0.3, 0.4) is 0 Å². The molecular formula is C19H20N3OS2+. The fourth-order valence-corrected chi connectivity index (χ4v) is 4.80. The van der Waals surface area contributed by atoms with Gasteiger partial charge in [0.15, 0.2) is 5.17 Å². The molecule has 4 rings (SSSR count). The Morgan fingerprint density at radius 1 is 1.12 bits per heavy atom. The molecule has 128 valence electrons. The molecule has 6 heteroatoms. The van der Waals surface area contributed by atoms with Gasteiger partial charge in [-0.2, -0.15) is 4.99 Å². The highest BCUT2D eigenvalue weighted by Gasteiger charge is 2.29. The van der Waals surface area contributed by atoms with Crippen molar-refractivity contribution < 1.29 is 9.69 Å². The monoisotopic (exact) mass is 370 g/mol. The normalized spacial score (nSPS) is 20.3. The number of hydrogen-bond acceptors (Lipinski definition) is 4. The Labute approximate surface area is 155 Å². The first kappa shape index (κ1) is 16.6. The number of piperazine rings is 1. The molecule has 0 saturated carbocycles. The van der Waals surface area contributed by atoms with Crippen LogP contribution in [0.2, 0.25) is 0 Å². The maximum atomic E-state index is 12.2. The van der Waals surface area contributed by atoms with Gasteiger partial charge in [0.2, 0.25) is 0 Å². The van der Waals surface area contributed by atoms with Crippen molar-refractivity contribution in [3.63, 3.8) is 0 Å². The molecule has 2 aliphatic heterocycles. The van der Waals surface area contributed by atoms with E-state index in [1.165, 1.54) is 17.3 Å². The highest BCUT2D eigenvalue weighted by Crippen LogP contribution is 2.31. The molecule has 2 aliphatic rings. The van der Waals surface area contributed by atoms with Crippen molar-refractivity contribution in [2.24, 2.45) is 4.99 Å². The van der Waals surface area contributed by atoms with E-state index < -0.39 is 0 Å². The summed E-state index contributed by atoms with van der Waals surface area (Å²) in [6.07, 6.45) is 1.95. The lowest BCUT2D eigenvalue weighted by molar-refractivity contribution is -0.917. The first-order valence-electron chi connectivity index (χ1n) is 8.46. The maximum absolute atomic E-state index is 12.2. The SMILES string of the molecule is O=C1N=C(N2CC[NH+](Cc3ccccc3)CC2)SC1=Cc1cccs1. The summed E-state index contributed by atoms with van der Waals surface area (Å²) >= 11 is 3.15. The van der Waals surface area contributed by atoms with Crippen molar-refractivity contribution in [1.29, 1.82) is 0 Å². The standard InChI is InChI=1S/C19H19N3OS2/c23-18-17(13-16-7-4-12-24-16)25-19(20-18)22-10-8-21(9-11-22)14-15-5-2-1-3-6-15/h1-7,12-13H,8-11,14H2/p+1. The van der Waals surface area contributed by atoms with Crippen LogP contribution in [0.1, 0.15) is 10.4 Å². The highest BCUT2D eigenvalue weighted by molar-refractivity contribution is 8.18. The van der Waals surface area contributed by atoms with Crippen molar-refractivity contribution >= 4 is 40.2 Å². The quantitative estimate of drug-likeness (QED) is 0.841. The maximum Gasteiger partial charge on any atom is 0.286 e. The van der Waals surface area contributed by atoms with Gasteiger partial charge in [-0.05, 0) is 29.3 Å². The molecule has 25 heavy (non-hydrogen) atoms. The average Bonchev–Trinajstić information content (AvgIpc) is 3.27. The lowest BCUT2D eigenvalue weighted by Crippen LogP contribution is -3.13. The fourth-order valence-electron chi connectivity index (χ4n) is 3.11. The van der Waals surface area contributed by atoms with Crippen LogP contribution in [0.15, 0.2) is 57.7 Å². The van der Waals surface area contributed by atoms with Crippen LogP contribution in [0.4, 0.5) is 0 Å². The number of hydrogen-bond donors (Lipinski definition) is 1. The minimum atomic E-state index is -0.104. The second kappa shape index (κ2) is 7.56. The molecule has 2 aromatic rings. The van der Waals surface area contributed by atoms with Crippen molar-refractivity contribution in [2.45, 2.75) is 6.54 Å². The third-order valence-corrected chi connectivity index (χ3v) is 6.33. The molecule has 0 atom stereocenters. The second-order valence-corrected chi connectivity index (χ2v) is 8.21. The Balaban J connectivity index is 1.34. The highest BCUT2D eigenvalue weighted by atomic mass is 32.2. The number of amides is 1. The van der Waals surface area contributed by atoms with Crippen LogP contribution >= 0.6 is 23.1 Å². The molecule has 1 amide bonds. The van der Waals surface area contributed by atoms with Gasteiger partial charge < -0.3 is 9.80 Å². The van der Waals surface area contributed by atoms with Gasteiger partial charge >= 0.3 is 0 Å². The molecule has 4 nitrogen and oxygen atoms in total. The number of amidine groups is 1. The summed E-state index contributed by atoms with van der Waals surface area (Å²) in [6, 6.07) is 14.7. The van der Waals surface area contributed by atoms with Gasteiger partial charge in [-0.1, -0.05) is 36.4 Å². The molecule has 1 aromatic heterocycles. The van der Waals surface area contributed by atoms with E-state index in [9.17, 15) is 4.79 Å². The summed E-state index contributed by atoms with van der Waals surface area (Å²) in [5, 5.41) is 2.89. The Kier molecular flexibility index (Phi) is 5.01. The summed E-state index contributed by atoms with van der Waals surface area (Å²) in [5.41, 5.74) is 1.38. The molecular weight excluding hydrogens is 350 g/mol. The molecule has 0 unspecified atom stereocenters. The van der Waals surface area contributed by atoms with Crippen molar-refractivity contribution in [3.8, 4) is 0 Å². The van der Waals surface area contributed by atoms with Crippen molar-refractivity contribution in [1.82, 2.24) is 4.90 Å². The topological polar surface area (TPSA) is 37.1 Å². The zero-order valence-corrected chi connectivity index (χ0v) is 15.5. The van der Waals surface area contributed by atoms with E-state index in [4.69, 9.17) is 0 Å². The van der Waals surface area contributed by atoms with Gasteiger partial charge in [0, 0.05) is 10.4 Å². The molecule has 1 fully saturated rings. The molecule has 3 heterocycles. The third-order valence-electron chi connectivity index (χ3n) is 4.46. The zero-order valence-electron chi connectivity index (χ0n) is 13.9. The summed E-state index contributed by atoms with van der Waals surface area (Å²) in [7, 11) is 0.